The van der Waals surface area contributed by atoms with Gasteiger partial charge in [0.25, 0.3) is 5.91 Å². The van der Waals surface area contributed by atoms with E-state index >= 15 is 0 Å². The molecule has 1 amide bonds. The number of aryl methyl sites for hydroxylation is 1. The molecule has 4 nitrogen and oxygen atoms in total. The minimum atomic E-state index is -0.758. The maximum atomic E-state index is 14.3. The highest BCUT2D eigenvalue weighted by molar-refractivity contribution is 6.02. The molecule has 7 heteroatoms. The summed E-state index contributed by atoms with van der Waals surface area (Å²) in [5, 5.41) is 4.18. The van der Waals surface area contributed by atoms with Crippen LogP contribution in [0.5, 0.6) is 0 Å². The number of amides is 1. The summed E-state index contributed by atoms with van der Waals surface area (Å²) in [6.07, 6.45) is 0.00886. The number of carbonyl (C=O) groups excluding carboxylic acids is 1. The van der Waals surface area contributed by atoms with Crippen molar-refractivity contribution in [2.24, 2.45) is 5.16 Å². The Hall–Kier alpha value is -3.61. The lowest BCUT2D eigenvalue weighted by atomic mass is 10.00. The molecule has 0 unspecified atom stereocenters. The Bertz CT molecular complexity index is 1180. The van der Waals surface area contributed by atoms with Gasteiger partial charge in [-0.05, 0) is 36.8 Å². The minimum absolute atomic E-state index is 0.102. The molecule has 1 aliphatic rings. The van der Waals surface area contributed by atoms with Gasteiger partial charge in [0.2, 0.25) is 0 Å². The molecule has 0 aromatic heterocycles. The highest BCUT2D eigenvalue weighted by atomic mass is 19.1. The molecule has 0 fully saturated rings. The summed E-state index contributed by atoms with van der Waals surface area (Å²) in [5.41, 5.74) is 3.05. The Morgan fingerprint density at radius 1 is 1.03 bits per heavy atom. The number of halogens is 3. The van der Waals surface area contributed by atoms with Gasteiger partial charge in [-0.1, -0.05) is 41.6 Å². The maximum absolute atomic E-state index is 14.3. The van der Waals surface area contributed by atoms with Gasteiger partial charge in [-0.3, -0.25) is 4.79 Å². The van der Waals surface area contributed by atoms with Gasteiger partial charge in [-0.2, -0.15) is 0 Å². The molecule has 0 bridgehead atoms. The molecule has 0 saturated heterocycles. The molecule has 0 saturated carbocycles. The van der Waals surface area contributed by atoms with E-state index in [1.807, 2.05) is 31.2 Å². The predicted octanol–water partition coefficient (Wildman–Crippen LogP) is 5.25. The molecule has 0 radical (unpaired) electrons. The zero-order valence-corrected chi connectivity index (χ0v) is 17.4. The lowest BCUT2D eigenvalue weighted by Gasteiger charge is -2.25. The van der Waals surface area contributed by atoms with Crippen molar-refractivity contribution in [1.82, 2.24) is 4.90 Å². The largest absolute Gasteiger partial charge is 0.390 e. The summed E-state index contributed by atoms with van der Waals surface area (Å²) in [5.74, 6) is -2.50. The lowest BCUT2D eigenvalue weighted by Crippen LogP contribution is -2.37. The van der Waals surface area contributed by atoms with Crippen molar-refractivity contribution in [3.63, 3.8) is 0 Å². The third-order valence-electron chi connectivity index (χ3n) is 5.35. The standard InChI is InChI=1S/C25H21F3N2O2/c1-16-5-2-3-8-22(16)24-13-21(32-29-24)15-30(14-18-9-10-20(27)12-23(18)28)25(31)17-6-4-7-19(26)11-17/h2-12,21H,13-15H2,1H3/t21-/m0/s1. The summed E-state index contributed by atoms with van der Waals surface area (Å²) in [4.78, 5) is 20.1. The Morgan fingerprint density at radius 2 is 1.81 bits per heavy atom. The smallest absolute Gasteiger partial charge is 0.254 e. The van der Waals surface area contributed by atoms with Crippen LogP contribution in [0.15, 0.2) is 71.9 Å². The highest BCUT2D eigenvalue weighted by Gasteiger charge is 2.28. The Balaban J connectivity index is 1.55. The van der Waals surface area contributed by atoms with Crippen LogP contribution in [-0.2, 0) is 11.4 Å². The Morgan fingerprint density at radius 3 is 2.56 bits per heavy atom. The van der Waals surface area contributed by atoms with E-state index in [0.717, 1.165) is 35.0 Å². The number of hydrogen-bond donors (Lipinski definition) is 0. The van der Waals surface area contributed by atoms with E-state index in [1.54, 1.807) is 0 Å². The molecule has 164 valence electrons. The van der Waals surface area contributed by atoms with Gasteiger partial charge >= 0.3 is 0 Å². The average molecular weight is 438 g/mol. The summed E-state index contributed by atoms with van der Waals surface area (Å²) in [6, 6.07) is 16.3. The van der Waals surface area contributed by atoms with E-state index < -0.39 is 29.5 Å². The van der Waals surface area contributed by atoms with Crippen molar-refractivity contribution < 1.29 is 22.8 Å². The molecule has 1 heterocycles. The van der Waals surface area contributed by atoms with E-state index in [0.29, 0.717) is 6.42 Å². The van der Waals surface area contributed by atoms with Crippen molar-refractivity contribution >= 4 is 11.6 Å². The predicted molar refractivity (Wildman–Crippen MR) is 115 cm³/mol. The fourth-order valence-electron chi connectivity index (χ4n) is 3.71. The van der Waals surface area contributed by atoms with Crippen molar-refractivity contribution in [2.45, 2.75) is 26.0 Å². The molecule has 4 rings (SSSR count). The fourth-order valence-corrected chi connectivity index (χ4v) is 3.71. The maximum Gasteiger partial charge on any atom is 0.254 e. The summed E-state index contributed by atoms with van der Waals surface area (Å²) < 4.78 is 41.3. The van der Waals surface area contributed by atoms with E-state index in [4.69, 9.17) is 4.84 Å². The van der Waals surface area contributed by atoms with Crippen LogP contribution in [0.1, 0.15) is 33.5 Å². The van der Waals surface area contributed by atoms with Gasteiger partial charge in [-0.15, -0.1) is 0 Å². The van der Waals surface area contributed by atoms with Crippen LogP contribution in [0.4, 0.5) is 13.2 Å². The first kappa shape index (κ1) is 21.6. The van der Waals surface area contributed by atoms with Crippen LogP contribution >= 0.6 is 0 Å². The van der Waals surface area contributed by atoms with Crippen molar-refractivity contribution in [3.05, 3.63) is 106 Å². The first-order chi connectivity index (χ1) is 15.4. The van der Waals surface area contributed by atoms with Crippen LogP contribution in [-0.4, -0.2) is 29.2 Å². The molecular weight excluding hydrogens is 417 g/mol. The van der Waals surface area contributed by atoms with Gasteiger partial charge in [0.15, 0.2) is 6.10 Å². The van der Waals surface area contributed by atoms with Crippen molar-refractivity contribution in [3.8, 4) is 0 Å². The molecule has 0 spiro atoms. The van der Waals surface area contributed by atoms with Gasteiger partial charge in [0.1, 0.15) is 17.5 Å². The lowest BCUT2D eigenvalue weighted by molar-refractivity contribution is 0.0402. The number of hydrogen-bond acceptors (Lipinski definition) is 3. The quantitative estimate of drug-likeness (QED) is 0.528. The first-order valence-electron chi connectivity index (χ1n) is 10.2. The third kappa shape index (κ3) is 4.82. The highest BCUT2D eigenvalue weighted by Crippen LogP contribution is 2.22. The van der Waals surface area contributed by atoms with Crippen LogP contribution in [0, 0.1) is 24.4 Å². The number of rotatable bonds is 6. The Kier molecular flexibility index (Phi) is 6.25. The van der Waals surface area contributed by atoms with E-state index in [1.165, 1.54) is 29.2 Å². The summed E-state index contributed by atoms with van der Waals surface area (Å²) >= 11 is 0. The van der Waals surface area contributed by atoms with Crippen LogP contribution in [0.2, 0.25) is 0 Å². The second-order valence-corrected chi connectivity index (χ2v) is 7.72. The molecular formula is C25H21F3N2O2. The van der Waals surface area contributed by atoms with Gasteiger partial charge in [0.05, 0.1) is 12.3 Å². The van der Waals surface area contributed by atoms with E-state index in [-0.39, 0.29) is 24.2 Å². The zero-order chi connectivity index (χ0) is 22.7. The summed E-state index contributed by atoms with van der Waals surface area (Å²) in [7, 11) is 0. The third-order valence-corrected chi connectivity index (χ3v) is 5.35. The van der Waals surface area contributed by atoms with Gasteiger partial charge in [-0.25, -0.2) is 13.2 Å². The van der Waals surface area contributed by atoms with Gasteiger partial charge in [0, 0.05) is 35.7 Å². The number of oxime groups is 1. The Labute approximate surface area is 183 Å². The molecule has 0 aliphatic carbocycles. The second-order valence-electron chi connectivity index (χ2n) is 7.72. The zero-order valence-electron chi connectivity index (χ0n) is 17.4. The fraction of sp³-hybridized carbons (Fsp3) is 0.200. The van der Waals surface area contributed by atoms with E-state index in [2.05, 4.69) is 5.16 Å². The van der Waals surface area contributed by atoms with Crippen LogP contribution in [0.3, 0.4) is 0 Å². The summed E-state index contributed by atoms with van der Waals surface area (Å²) in [6.45, 7) is 1.95. The SMILES string of the molecule is Cc1ccccc1C1=NO[C@H](CN(Cc2ccc(F)cc2F)C(=O)c2cccc(F)c2)C1. The van der Waals surface area contributed by atoms with Crippen LogP contribution in [0.25, 0.3) is 0 Å². The molecule has 3 aromatic rings. The normalized spacial score (nSPS) is 15.2. The molecule has 1 aliphatic heterocycles. The molecule has 3 aromatic carbocycles. The second kappa shape index (κ2) is 9.26. The molecule has 1 atom stereocenters. The number of nitrogens with zero attached hydrogens (tertiary/aromatic N) is 2. The first-order valence-corrected chi connectivity index (χ1v) is 10.2. The van der Waals surface area contributed by atoms with Gasteiger partial charge < -0.3 is 9.74 Å². The van der Waals surface area contributed by atoms with E-state index in [9.17, 15) is 18.0 Å². The average Bonchev–Trinajstić information content (AvgIpc) is 3.23. The van der Waals surface area contributed by atoms with Crippen molar-refractivity contribution in [2.75, 3.05) is 6.54 Å². The molecule has 0 N–H and O–H groups in total. The topological polar surface area (TPSA) is 41.9 Å². The number of benzene rings is 3. The van der Waals surface area contributed by atoms with Crippen LogP contribution < -0.4 is 0 Å². The van der Waals surface area contributed by atoms with Crippen molar-refractivity contribution in [1.29, 1.82) is 0 Å². The minimum Gasteiger partial charge on any atom is -0.390 e. The number of carbonyl (C=O) groups is 1. The molecule has 32 heavy (non-hydrogen) atoms. The monoisotopic (exact) mass is 438 g/mol.